The van der Waals surface area contributed by atoms with Crippen LogP contribution in [0.1, 0.15) is 25.3 Å². The third kappa shape index (κ3) is 6.30. The van der Waals surface area contributed by atoms with Gasteiger partial charge in [-0.1, -0.05) is 23.7 Å². The molecule has 0 aliphatic carbocycles. The van der Waals surface area contributed by atoms with Crippen LogP contribution < -0.4 is 21.1 Å². The first kappa shape index (κ1) is 23.6. The van der Waals surface area contributed by atoms with E-state index < -0.39 is 0 Å². The van der Waals surface area contributed by atoms with Crippen molar-refractivity contribution in [3.05, 3.63) is 65.2 Å². The van der Waals surface area contributed by atoms with Gasteiger partial charge in [-0.2, -0.15) is 0 Å². The van der Waals surface area contributed by atoms with Crippen molar-refractivity contribution in [3.8, 4) is 0 Å². The van der Waals surface area contributed by atoms with Crippen LogP contribution in [0.25, 0.3) is 0 Å². The molecular formula is C25H26ClN7OS. The number of rotatable bonds is 7. The highest BCUT2D eigenvalue weighted by Crippen LogP contribution is 2.31. The summed E-state index contributed by atoms with van der Waals surface area (Å²) in [5, 5.41) is 4.24. The van der Waals surface area contributed by atoms with Crippen LogP contribution >= 0.6 is 23.4 Å². The number of hydrogen-bond donors (Lipinski definition) is 3. The molecule has 2 aliphatic heterocycles. The van der Waals surface area contributed by atoms with Gasteiger partial charge in [0.05, 0.1) is 6.42 Å². The molecule has 3 heterocycles. The molecule has 1 unspecified atom stereocenters. The summed E-state index contributed by atoms with van der Waals surface area (Å²) in [6.07, 6.45) is 2.29. The van der Waals surface area contributed by atoms with Gasteiger partial charge in [-0.3, -0.25) is 4.79 Å². The molecule has 8 nitrogen and oxygen atoms in total. The maximum Gasteiger partial charge on any atom is 0.228 e. The fraction of sp³-hybridized carbons (Fsp3) is 0.280. The fourth-order valence-corrected chi connectivity index (χ4v) is 4.61. The number of carbonyl (C=O) groups is 1. The number of hydrogen-bond acceptors (Lipinski definition) is 7. The first-order chi connectivity index (χ1) is 17.0. The van der Waals surface area contributed by atoms with Gasteiger partial charge < -0.3 is 15.6 Å². The molecule has 180 valence electrons. The van der Waals surface area contributed by atoms with E-state index in [1.54, 1.807) is 12.1 Å². The standard InChI is InChI=1S/C25H26ClN7OS/c1-16-13-22(32-31-16)28-21-15-23(33-11-2-12-33)30-25(29-21)35-20-9-7-19(8-10-20)27-24(34)14-17-3-5-18(26)6-4-17/h3-10,15-16,31H,2,11-14H2,1H3,(H,27,34)(H,28,29,30,32). The first-order valence-corrected chi connectivity index (χ1v) is 12.7. The van der Waals surface area contributed by atoms with Gasteiger partial charge in [-0.15, -0.1) is 0 Å². The highest BCUT2D eigenvalue weighted by molar-refractivity contribution is 7.99. The fourth-order valence-electron chi connectivity index (χ4n) is 3.73. The van der Waals surface area contributed by atoms with E-state index in [1.807, 2.05) is 42.5 Å². The predicted molar refractivity (Wildman–Crippen MR) is 141 cm³/mol. The van der Waals surface area contributed by atoms with E-state index >= 15 is 0 Å². The quantitative estimate of drug-likeness (QED) is 0.403. The van der Waals surface area contributed by atoms with Crippen LogP contribution in [0.15, 0.2) is 69.6 Å². The Hall–Kier alpha value is -3.14. The molecule has 0 radical (unpaired) electrons. The van der Waals surface area contributed by atoms with Crippen LogP contribution in [0.4, 0.5) is 17.3 Å². The van der Waals surface area contributed by atoms with Crippen LogP contribution in [-0.2, 0) is 11.2 Å². The number of aromatic nitrogens is 2. The van der Waals surface area contributed by atoms with E-state index in [0.29, 0.717) is 28.5 Å². The number of benzene rings is 2. The van der Waals surface area contributed by atoms with Crippen molar-refractivity contribution >= 4 is 52.4 Å². The van der Waals surface area contributed by atoms with E-state index in [2.05, 4.69) is 33.0 Å². The lowest BCUT2D eigenvalue weighted by atomic mass is 10.1. The van der Waals surface area contributed by atoms with Crippen molar-refractivity contribution < 1.29 is 4.79 Å². The van der Waals surface area contributed by atoms with E-state index in [1.165, 1.54) is 18.2 Å². The highest BCUT2D eigenvalue weighted by atomic mass is 35.5. The average molecular weight is 508 g/mol. The zero-order valence-electron chi connectivity index (χ0n) is 19.3. The number of halogens is 1. The summed E-state index contributed by atoms with van der Waals surface area (Å²) < 4.78 is 0. The molecule has 0 saturated carbocycles. The van der Waals surface area contributed by atoms with E-state index in [-0.39, 0.29) is 5.91 Å². The van der Waals surface area contributed by atoms with Gasteiger partial charge in [-0.25, -0.2) is 20.4 Å². The van der Waals surface area contributed by atoms with E-state index in [4.69, 9.17) is 21.6 Å². The van der Waals surface area contributed by atoms with E-state index in [0.717, 1.165) is 47.3 Å². The molecule has 1 amide bonds. The van der Waals surface area contributed by atoms with Gasteiger partial charge in [0.25, 0.3) is 0 Å². The number of hydrazine groups is 1. The SMILES string of the molecule is CC1CC(=Nc2cc(N3CCC3)nc(Sc3ccc(NC(=O)Cc4ccc(Cl)cc4)cc3)n2)NN1. The lowest BCUT2D eigenvalue weighted by molar-refractivity contribution is -0.115. The van der Waals surface area contributed by atoms with Gasteiger partial charge in [0, 0.05) is 47.2 Å². The second-order valence-electron chi connectivity index (χ2n) is 8.62. The van der Waals surface area contributed by atoms with Crippen molar-refractivity contribution in [1.29, 1.82) is 0 Å². The number of amides is 1. The summed E-state index contributed by atoms with van der Waals surface area (Å²) >= 11 is 7.39. The zero-order valence-corrected chi connectivity index (χ0v) is 20.9. The van der Waals surface area contributed by atoms with E-state index in [9.17, 15) is 4.79 Å². The topological polar surface area (TPSA) is 94.5 Å². The van der Waals surface area contributed by atoms with Crippen molar-refractivity contribution in [2.45, 2.75) is 42.3 Å². The molecular weight excluding hydrogens is 482 g/mol. The average Bonchev–Trinajstić information content (AvgIpc) is 3.20. The number of nitrogens with zero attached hydrogens (tertiary/aromatic N) is 4. The smallest absolute Gasteiger partial charge is 0.228 e. The van der Waals surface area contributed by atoms with Crippen LogP contribution in [-0.4, -0.2) is 40.8 Å². The summed E-state index contributed by atoms with van der Waals surface area (Å²) in [5.74, 6) is 2.35. The minimum atomic E-state index is -0.0774. The number of anilines is 2. The van der Waals surface area contributed by atoms with Gasteiger partial charge in [0.2, 0.25) is 5.91 Å². The third-order valence-corrected chi connectivity index (χ3v) is 6.82. The lowest BCUT2D eigenvalue weighted by Crippen LogP contribution is -2.37. The largest absolute Gasteiger partial charge is 0.356 e. The number of aliphatic imine (C=N–C) groups is 1. The molecule has 1 aromatic heterocycles. The Morgan fingerprint density at radius 3 is 2.60 bits per heavy atom. The molecule has 5 rings (SSSR count). The van der Waals surface area contributed by atoms with Crippen LogP contribution in [0.2, 0.25) is 5.02 Å². The Morgan fingerprint density at radius 2 is 1.94 bits per heavy atom. The maximum absolute atomic E-state index is 12.4. The minimum Gasteiger partial charge on any atom is -0.356 e. The van der Waals surface area contributed by atoms with Gasteiger partial charge in [0.15, 0.2) is 11.0 Å². The molecule has 3 aromatic rings. The summed E-state index contributed by atoms with van der Waals surface area (Å²) in [6.45, 7) is 4.10. The number of carbonyl (C=O) groups excluding carboxylic acids is 1. The molecule has 2 saturated heterocycles. The first-order valence-electron chi connectivity index (χ1n) is 11.6. The summed E-state index contributed by atoms with van der Waals surface area (Å²) in [6, 6.07) is 17.3. The molecule has 2 aromatic carbocycles. The maximum atomic E-state index is 12.4. The number of amidine groups is 1. The molecule has 35 heavy (non-hydrogen) atoms. The molecule has 2 fully saturated rings. The summed E-state index contributed by atoms with van der Waals surface area (Å²) in [4.78, 5) is 29.7. The predicted octanol–water partition coefficient (Wildman–Crippen LogP) is 4.59. The Bertz CT molecular complexity index is 1230. The molecule has 0 bridgehead atoms. The monoisotopic (exact) mass is 507 g/mol. The molecule has 10 heteroatoms. The molecule has 3 N–H and O–H groups in total. The minimum absolute atomic E-state index is 0.0774. The molecule has 1 atom stereocenters. The van der Waals surface area contributed by atoms with Crippen molar-refractivity contribution in [2.75, 3.05) is 23.3 Å². The van der Waals surface area contributed by atoms with Crippen molar-refractivity contribution in [2.24, 2.45) is 4.99 Å². The molecule has 0 spiro atoms. The van der Waals surface area contributed by atoms with Gasteiger partial charge in [-0.05, 0) is 67.1 Å². The van der Waals surface area contributed by atoms with Crippen molar-refractivity contribution in [1.82, 2.24) is 20.8 Å². The zero-order chi connectivity index (χ0) is 24.2. The van der Waals surface area contributed by atoms with Gasteiger partial charge >= 0.3 is 0 Å². The van der Waals surface area contributed by atoms with Crippen LogP contribution in [0.3, 0.4) is 0 Å². The van der Waals surface area contributed by atoms with Gasteiger partial charge in [0.1, 0.15) is 11.7 Å². The normalized spacial score (nSPS) is 18.3. The third-order valence-electron chi connectivity index (χ3n) is 5.70. The van der Waals surface area contributed by atoms with Crippen LogP contribution in [0.5, 0.6) is 0 Å². The Labute approximate surface area is 213 Å². The molecule has 2 aliphatic rings. The highest BCUT2D eigenvalue weighted by Gasteiger charge is 2.20. The Morgan fingerprint density at radius 1 is 1.17 bits per heavy atom. The number of nitrogens with one attached hydrogen (secondary N) is 3. The van der Waals surface area contributed by atoms with Crippen LogP contribution in [0, 0.1) is 0 Å². The lowest BCUT2D eigenvalue weighted by Gasteiger charge is -2.32. The second-order valence-corrected chi connectivity index (χ2v) is 10.1. The summed E-state index contributed by atoms with van der Waals surface area (Å²) in [7, 11) is 0. The Balaban J connectivity index is 1.26. The summed E-state index contributed by atoms with van der Waals surface area (Å²) in [5.41, 5.74) is 7.94. The van der Waals surface area contributed by atoms with Crippen molar-refractivity contribution in [3.63, 3.8) is 0 Å². The second kappa shape index (κ2) is 10.6. The Kier molecular flexibility index (Phi) is 7.17.